The molecule has 4 heteroatoms. The number of thioether (sulfide) groups is 1. The third-order valence-electron chi connectivity index (χ3n) is 2.35. The molecule has 0 aliphatic carbocycles. The lowest BCUT2D eigenvalue weighted by molar-refractivity contribution is 0.289. The van der Waals surface area contributed by atoms with Gasteiger partial charge in [-0.1, -0.05) is 24.6 Å². The van der Waals surface area contributed by atoms with Crippen LogP contribution in [0.3, 0.4) is 0 Å². The van der Waals surface area contributed by atoms with E-state index in [1.54, 1.807) is 11.8 Å². The van der Waals surface area contributed by atoms with E-state index in [-0.39, 0.29) is 12.6 Å². The molecule has 0 aliphatic rings. The van der Waals surface area contributed by atoms with Crippen molar-refractivity contribution in [2.24, 2.45) is 5.73 Å². The smallest absolute Gasteiger partial charge is 0.0545 e. The molecule has 1 aromatic rings. The number of nitrogens with two attached hydrogens (primary N) is 1. The van der Waals surface area contributed by atoms with Crippen molar-refractivity contribution in [3.05, 3.63) is 28.8 Å². The highest BCUT2D eigenvalue weighted by molar-refractivity contribution is 8.00. The average Bonchev–Trinajstić information content (AvgIpc) is 2.21. The summed E-state index contributed by atoms with van der Waals surface area (Å²) in [7, 11) is 0. The topological polar surface area (TPSA) is 46.2 Å². The summed E-state index contributed by atoms with van der Waals surface area (Å²) in [6.45, 7) is 4.23. The van der Waals surface area contributed by atoms with E-state index in [1.165, 1.54) is 0 Å². The first-order valence-corrected chi connectivity index (χ1v) is 6.63. The van der Waals surface area contributed by atoms with Crippen LogP contribution in [-0.4, -0.2) is 17.0 Å². The summed E-state index contributed by atoms with van der Waals surface area (Å²) in [6.07, 6.45) is 0.774. The SMILES string of the molecule is CC(CCO)Sc1ccc([C@@H](C)N)cc1Cl. The number of halogens is 1. The third kappa shape index (κ3) is 3.98. The van der Waals surface area contributed by atoms with Gasteiger partial charge in [-0.2, -0.15) is 0 Å². The minimum Gasteiger partial charge on any atom is -0.396 e. The predicted molar refractivity (Wildman–Crippen MR) is 71.1 cm³/mol. The monoisotopic (exact) mass is 259 g/mol. The normalized spacial score (nSPS) is 14.8. The maximum atomic E-state index is 8.84. The molecule has 1 rings (SSSR count). The van der Waals surface area contributed by atoms with Crippen LogP contribution in [0.4, 0.5) is 0 Å². The van der Waals surface area contributed by atoms with Crippen molar-refractivity contribution < 1.29 is 5.11 Å². The van der Waals surface area contributed by atoms with Gasteiger partial charge in [0.15, 0.2) is 0 Å². The molecule has 0 amide bonds. The van der Waals surface area contributed by atoms with E-state index in [0.717, 1.165) is 21.9 Å². The van der Waals surface area contributed by atoms with Crippen molar-refractivity contribution in [1.82, 2.24) is 0 Å². The van der Waals surface area contributed by atoms with Crippen molar-refractivity contribution in [1.29, 1.82) is 0 Å². The molecule has 16 heavy (non-hydrogen) atoms. The van der Waals surface area contributed by atoms with Gasteiger partial charge in [0.05, 0.1) is 5.02 Å². The molecule has 0 aliphatic heterocycles. The Morgan fingerprint density at radius 2 is 2.12 bits per heavy atom. The van der Waals surface area contributed by atoms with Crippen LogP contribution in [-0.2, 0) is 0 Å². The fourth-order valence-electron chi connectivity index (χ4n) is 1.35. The minimum absolute atomic E-state index is 0.00594. The van der Waals surface area contributed by atoms with Crippen molar-refractivity contribution in [2.45, 2.75) is 36.5 Å². The summed E-state index contributed by atoms with van der Waals surface area (Å²) in [4.78, 5) is 1.05. The number of rotatable bonds is 5. The van der Waals surface area contributed by atoms with Gasteiger partial charge in [0.25, 0.3) is 0 Å². The highest BCUT2D eigenvalue weighted by Gasteiger charge is 2.09. The highest BCUT2D eigenvalue weighted by Crippen LogP contribution is 2.32. The lowest BCUT2D eigenvalue weighted by Crippen LogP contribution is -2.05. The van der Waals surface area contributed by atoms with Crippen LogP contribution in [0.1, 0.15) is 31.9 Å². The summed E-state index contributed by atoms with van der Waals surface area (Å²) in [5.41, 5.74) is 6.83. The zero-order valence-electron chi connectivity index (χ0n) is 9.61. The van der Waals surface area contributed by atoms with E-state index >= 15 is 0 Å². The van der Waals surface area contributed by atoms with E-state index in [0.29, 0.717) is 5.25 Å². The number of hydrogen-bond donors (Lipinski definition) is 2. The second kappa shape index (κ2) is 6.50. The van der Waals surface area contributed by atoms with Crippen molar-refractivity contribution >= 4 is 23.4 Å². The number of benzene rings is 1. The Balaban J connectivity index is 2.75. The molecule has 0 saturated heterocycles. The van der Waals surface area contributed by atoms with E-state index in [2.05, 4.69) is 6.92 Å². The summed E-state index contributed by atoms with van der Waals surface area (Å²) < 4.78 is 0. The molecule has 0 spiro atoms. The highest BCUT2D eigenvalue weighted by atomic mass is 35.5. The van der Waals surface area contributed by atoms with Crippen LogP contribution < -0.4 is 5.73 Å². The van der Waals surface area contributed by atoms with E-state index in [1.807, 2.05) is 25.1 Å². The summed E-state index contributed by atoms with van der Waals surface area (Å²) in [5, 5.41) is 9.94. The second-order valence-electron chi connectivity index (χ2n) is 3.92. The first-order valence-electron chi connectivity index (χ1n) is 5.37. The van der Waals surface area contributed by atoms with Gasteiger partial charge in [-0.3, -0.25) is 0 Å². The van der Waals surface area contributed by atoms with E-state index in [4.69, 9.17) is 22.4 Å². The predicted octanol–water partition coefficient (Wildman–Crippen LogP) is 3.22. The van der Waals surface area contributed by atoms with Crippen molar-refractivity contribution in [3.8, 4) is 0 Å². The lowest BCUT2D eigenvalue weighted by atomic mass is 10.1. The minimum atomic E-state index is 0.00594. The van der Waals surface area contributed by atoms with Gasteiger partial charge >= 0.3 is 0 Å². The number of aliphatic hydroxyl groups is 1. The van der Waals surface area contributed by atoms with Gasteiger partial charge < -0.3 is 10.8 Å². The van der Waals surface area contributed by atoms with Gasteiger partial charge in [0, 0.05) is 22.8 Å². The molecule has 0 bridgehead atoms. The van der Waals surface area contributed by atoms with Crippen LogP contribution in [0.25, 0.3) is 0 Å². The average molecular weight is 260 g/mol. The van der Waals surface area contributed by atoms with E-state index < -0.39 is 0 Å². The van der Waals surface area contributed by atoms with Gasteiger partial charge in [-0.15, -0.1) is 11.8 Å². The molecule has 0 saturated carbocycles. The summed E-state index contributed by atoms with van der Waals surface area (Å²) in [6, 6.07) is 5.93. The summed E-state index contributed by atoms with van der Waals surface area (Å²) in [5.74, 6) is 0. The van der Waals surface area contributed by atoms with Crippen molar-refractivity contribution in [3.63, 3.8) is 0 Å². The third-order valence-corrected chi connectivity index (χ3v) is 4.02. The Morgan fingerprint density at radius 3 is 2.62 bits per heavy atom. The molecule has 3 N–H and O–H groups in total. The molecular formula is C12H18ClNOS. The quantitative estimate of drug-likeness (QED) is 0.798. The Hall–Kier alpha value is -0.220. The van der Waals surface area contributed by atoms with Gasteiger partial charge in [0.1, 0.15) is 0 Å². The standard InChI is InChI=1S/C12H18ClNOS/c1-8(5-6-15)16-12-4-3-10(9(2)14)7-11(12)13/h3-4,7-9,15H,5-6,14H2,1-2H3/t8?,9-/m1/s1. The largest absolute Gasteiger partial charge is 0.396 e. The molecule has 90 valence electrons. The molecule has 0 heterocycles. The Labute approximate surface area is 106 Å². The van der Waals surface area contributed by atoms with Gasteiger partial charge in [-0.25, -0.2) is 0 Å². The molecule has 0 radical (unpaired) electrons. The Kier molecular flexibility index (Phi) is 5.62. The second-order valence-corrected chi connectivity index (χ2v) is 5.81. The zero-order valence-corrected chi connectivity index (χ0v) is 11.2. The first-order chi connectivity index (χ1) is 7.54. The fourth-order valence-corrected chi connectivity index (χ4v) is 2.65. The maximum Gasteiger partial charge on any atom is 0.0545 e. The zero-order chi connectivity index (χ0) is 12.1. The van der Waals surface area contributed by atoms with Crippen LogP contribution in [0, 0.1) is 0 Å². The molecule has 0 fully saturated rings. The summed E-state index contributed by atoms with van der Waals surface area (Å²) >= 11 is 7.86. The van der Waals surface area contributed by atoms with Crippen molar-refractivity contribution in [2.75, 3.05) is 6.61 Å². The number of aliphatic hydroxyl groups excluding tert-OH is 1. The Morgan fingerprint density at radius 1 is 1.44 bits per heavy atom. The fraction of sp³-hybridized carbons (Fsp3) is 0.500. The van der Waals surface area contributed by atoms with Crippen LogP contribution in [0.15, 0.2) is 23.1 Å². The molecule has 0 aromatic heterocycles. The molecule has 2 nitrogen and oxygen atoms in total. The maximum absolute atomic E-state index is 8.84. The number of hydrogen-bond acceptors (Lipinski definition) is 3. The van der Waals surface area contributed by atoms with Crippen LogP contribution in [0.5, 0.6) is 0 Å². The Bertz CT molecular complexity index is 344. The van der Waals surface area contributed by atoms with E-state index in [9.17, 15) is 0 Å². The molecule has 1 aromatic carbocycles. The van der Waals surface area contributed by atoms with Gasteiger partial charge in [-0.05, 0) is 31.0 Å². The van der Waals surface area contributed by atoms with Crippen LogP contribution in [0.2, 0.25) is 5.02 Å². The molecular weight excluding hydrogens is 242 g/mol. The van der Waals surface area contributed by atoms with Crippen LogP contribution >= 0.6 is 23.4 Å². The van der Waals surface area contributed by atoms with Gasteiger partial charge in [0.2, 0.25) is 0 Å². The first kappa shape index (κ1) is 13.8. The molecule has 1 unspecified atom stereocenters. The molecule has 2 atom stereocenters. The lowest BCUT2D eigenvalue weighted by Gasteiger charge is -2.13.